The van der Waals surface area contributed by atoms with Crippen LogP contribution in [0.15, 0.2) is 149 Å². The number of nitrogens with zero attached hydrogens (tertiary/aromatic N) is 5. The molecular weight excluding hydrogens is 1080 g/mol. The van der Waals surface area contributed by atoms with E-state index in [0.717, 1.165) is 135 Å². The molecule has 5 aromatic rings. The highest BCUT2D eigenvalue weighted by Crippen LogP contribution is 2.44. The molecule has 458 valence electrons. The molecule has 0 radical (unpaired) electrons. The summed E-state index contributed by atoms with van der Waals surface area (Å²) in [7, 11) is -2.90. The Bertz CT molecular complexity index is 3400. The number of carbonyl (C=O) groups is 2. The lowest BCUT2D eigenvalue weighted by Crippen LogP contribution is -2.33. The fourth-order valence-electron chi connectivity index (χ4n) is 12.2. The first-order valence-corrected chi connectivity index (χ1v) is 32.6. The molecule has 87 heavy (non-hydrogen) atoms. The Balaban J connectivity index is 1.11. The maximum absolute atomic E-state index is 15.7. The van der Waals surface area contributed by atoms with Crippen LogP contribution in [0.4, 0.5) is 25.7 Å². The van der Waals surface area contributed by atoms with Crippen molar-refractivity contribution in [1.82, 2.24) is 4.48 Å². The van der Waals surface area contributed by atoms with Crippen molar-refractivity contribution < 1.29 is 33.0 Å². The van der Waals surface area contributed by atoms with Crippen LogP contribution in [-0.2, 0) is 10.2 Å². The van der Waals surface area contributed by atoms with Crippen molar-refractivity contribution in [3.8, 4) is 0 Å². The van der Waals surface area contributed by atoms with Crippen LogP contribution in [0.25, 0.3) is 29.4 Å². The Hall–Kier alpha value is -7.60. The molecule has 0 unspecified atom stereocenters. The number of hydrogen-bond donors (Lipinski definition) is 1. The second-order valence-corrected chi connectivity index (χ2v) is 24.2. The first-order valence-electron chi connectivity index (χ1n) is 32.6. The van der Waals surface area contributed by atoms with E-state index in [1.807, 2.05) is 62.4 Å². The third-order valence-electron chi connectivity index (χ3n) is 17.4. The minimum Gasteiger partial charge on any atom is -0.871 e. The van der Waals surface area contributed by atoms with E-state index in [4.69, 9.17) is 4.99 Å². The average molecular weight is 1180 g/mol. The van der Waals surface area contributed by atoms with Crippen molar-refractivity contribution in [1.29, 1.82) is 0 Å². The highest BCUT2D eigenvalue weighted by Gasteiger charge is 2.46. The number of benzene rings is 4. The predicted octanol–water partition coefficient (Wildman–Crippen LogP) is 18.0. The van der Waals surface area contributed by atoms with Crippen molar-refractivity contribution in [2.45, 2.75) is 169 Å². The molecule has 4 aromatic carbocycles. The molecule has 3 aliphatic rings. The van der Waals surface area contributed by atoms with Gasteiger partial charge in [0.05, 0.1) is 22.4 Å². The average Bonchev–Trinajstić information content (AvgIpc) is 2.41. The molecule has 1 aromatic heterocycles. The van der Waals surface area contributed by atoms with Gasteiger partial charge in [-0.15, -0.1) is 0 Å². The summed E-state index contributed by atoms with van der Waals surface area (Å²) in [4.78, 5) is 36.4. The summed E-state index contributed by atoms with van der Waals surface area (Å²) in [6.45, 7) is 19.8. The number of allylic oxidation sites excluding steroid dienone is 6. The second-order valence-electron chi connectivity index (χ2n) is 24.2. The van der Waals surface area contributed by atoms with Gasteiger partial charge in [0.2, 0.25) is 5.69 Å². The summed E-state index contributed by atoms with van der Waals surface area (Å²) in [5.74, 6) is -1.77. The third-order valence-corrected chi connectivity index (χ3v) is 17.4. The van der Waals surface area contributed by atoms with Gasteiger partial charge in [-0.3, -0.25) is 13.4 Å². The largest absolute Gasteiger partial charge is 0.871 e. The molecule has 3 heterocycles. The first-order chi connectivity index (χ1) is 42.2. The Morgan fingerprint density at radius 1 is 0.632 bits per heavy atom. The Morgan fingerprint density at radius 2 is 1.15 bits per heavy atom. The van der Waals surface area contributed by atoms with Gasteiger partial charge in [0.25, 0.3) is 0 Å². The van der Waals surface area contributed by atoms with E-state index in [1.165, 1.54) is 50.6 Å². The number of rotatable bonds is 35. The Labute approximate surface area is 518 Å². The standard InChI is InChI=1S/C75H92BF2N5O4/c1-8-13-18-19-20-21-22-23-24-25-52-82-67-46-36-59(74(86)87)53-65(67)75(6,7)69(82)54-64-72(84)71(73(64)85)58-34-32-57(33-35-58)70(66-45-38-60(79-66)37-26-55-27-39-61(40-28-55)80(48-14-9-2)49-15-10-3)68-47-44-63(83(68)76(77)78)43-31-56-29-41-62(42-30-56)81(50-16-11-4)51-17-12-5/h26-47,53-54H,8-25,48-52H2,1-7H3,(H-,79,84,85,86,87)/b43-31+. The number of halogens is 2. The number of unbranched alkanes of at least 4 members (excludes halogenated alkanes) is 13. The number of carboxylic acid groups (broad SMARTS) is 1. The van der Waals surface area contributed by atoms with Crippen LogP contribution < -0.4 is 14.9 Å². The van der Waals surface area contributed by atoms with E-state index in [0.29, 0.717) is 40.3 Å². The Morgan fingerprint density at radius 3 is 1.67 bits per heavy atom. The quantitative estimate of drug-likeness (QED) is 0.0188. The van der Waals surface area contributed by atoms with Crippen molar-refractivity contribution >= 4 is 77.0 Å². The molecule has 0 bridgehead atoms. The maximum Gasteiger partial charge on any atom is 0.678 e. The molecule has 0 amide bonds. The summed E-state index contributed by atoms with van der Waals surface area (Å²) in [5.41, 5.74) is 9.61. The van der Waals surface area contributed by atoms with Crippen LogP contribution in [0.3, 0.4) is 0 Å². The van der Waals surface area contributed by atoms with Crippen LogP contribution >= 0.6 is 0 Å². The first kappa shape index (κ1) is 65.4. The smallest absolute Gasteiger partial charge is 0.678 e. The van der Waals surface area contributed by atoms with Gasteiger partial charge in [-0.05, 0) is 141 Å². The molecular formula is C75H92BF2N5O4. The molecule has 2 aliphatic heterocycles. The zero-order valence-corrected chi connectivity index (χ0v) is 52.9. The molecule has 12 heteroatoms. The highest BCUT2D eigenvalue weighted by molar-refractivity contribution is 6.42. The number of aromatic nitrogens is 1. The number of Topliss-reactive ketones (excluding diaryl/α,β-unsaturated/α-hetero) is 1. The van der Waals surface area contributed by atoms with E-state index < -0.39 is 18.8 Å². The molecule has 0 saturated heterocycles. The summed E-state index contributed by atoms with van der Waals surface area (Å²) < 4.78 is 34.6. The van der Waals surface area contributed by atoms with E-state index in [1.54, 1.807) is 60.7 Å². The molecule has 0 saturated carbocycles. The van der Waals surface area contributed by atoms with Crippen molar-refractivity contribution in [2.75, 3.05) is 42.5 Å². The van der Waals surface area contributed by atoms with Gasteiger partial charge in [-0.25, -0.2) is 9.79 Å². The number of aromatic carboxylic acids is 1. The summed E-state index contributed by atoms with van der Waals surface area (Å²) in [6, 6.07) is 32.5. The number of carboxylic acids is 1. The summed E-state index contributed by atoms with van der Waals surface area (Å²) in [6.07, 6.45) is 33.9. The van der Waals surface area contributed by atoms with Crippen LogP contribution in [0.1, 0.15) is 214 Å². The normalized spacial score (nSPS) is 15.6. The summed E-state index contributed by atoms with van der Waals surface area (Å²) in [5, 5.41) is 24.3. The maximum atomic E-state index is 15.7. The van der Waals surface area contributed by atoms with Gasteiger partial charge in [-0.2, -0.15) is 4.58 Å². The fraction of sp³-hybridized carbons (Fsp3) is 0.413. The number of anilines is 2. The van der Waals surface area contributed by atoms with Crippen molar-refractivity contribution in [3.05, 3.63) is 189 Å². The number of aliphatic imine (C=N–C) groups is 1. The lowest BCUT2D eigenvalue weighted by molar-refractivity contribution is -0.438. The molecule has 1 N–H and O–H groups in total. The number of fused-ring (bicyclic) bond motifs is 1. The summed E-state index contributed by atoms with van der Waals surface area (Å²) >= 11 is 0. The van der Waals surface area contributed by atoms with Crippen LogP contribution in [0.2, 0.25) is 0 Å². The minimum atomic E-state index is -2.90. The molecule has 9 nitrogen and oxygen atoms in total. The van der Waals surface area contributed by atoms with Gasteiger partial charge in [-0.1, -0.05) is 178 Å². The van der Waals surface area contributed by atoms with Gasteiger partial charge < -0.3 is 24.5 Å². The fourth-order valence-corrected chi connectivity index (χ4v) is 12.2. The lowest BCUT2D eigenvalue weighted by atomic mass is 9.77. The van der Waals surface area contributed by atoms with Crippen molar-refractivity contribution in [2.24, 2.45) is 4.99 Å². The zero-order chi connectivity index (χ0) is 61.9. The molecule has 1 aliphatic carbocycles. The van der Waals surface area contributed by atoms with E-state index in [9.17, 15) is 19.8 Å². The second kappa shape index (κ2) is 31.9. The van der Waals surface area contributed by atoms with Crippen molar-refractivity contribution in [3.63, 3.8) is 0 Å². The van der Waals surface area contributed by atoms with Crippen LogP contribution in [-0.4, -0.2) is 77.5 Å². The topological polar surface area (TPSA) is 104 Å². The van der Waals surface area contributed by atoms with E-state index in [-0.39, 0.29) is 33.9 Å². The highest BCUT2D eigenvalue weighted by atomic mass is 19.2. The van der Waals surface area contributed by atoms with Crippen LogP contribution in [0, 0.1) is 0 Å². The van der Waals surface area contributed by atoms with Crippen LogP contribution in [0.5, 0.6) is 0 Å². The van der Waals surface area contributed by atoms with Gasteiger partial charge in [0.15, 0.2) is 11.5 Å². The molecule has 0 atom stereocenters. The molecule has 0 spiro atoms. The Kier molecular flexibility index (Phi) is 24.0. The molecule has 0 fully saturated rings. The lowest BCUT2D eigenvalue weighted by Gasteiger charge is -2.31. The minimum absolute atomic E-state index is 0.0604. The third kappa shape index (κ3) is 16.3. The van der Waals surface area contributed by atoms with Gasteiger partial charge >= 0.3 is 13.4 Å². The molecule has 8 rings (SSSR count). The monoisotopic (exact) mass is 1180 g/mol. The predicted molar refractivity (Wildman–Crippen MR) is 360 cm³/mol. The number of carbonyl (C=O) groups excluding carboxylic acids is 1. The van der Waals surface area contributed by atoms with E-state index >= 15 is 8.63 Å². The van der Waals surface area contributed by atoms with Gasteiger partial charge in [0, 0.05) is 89.8 Å². The zero-order valence-electron chi connectivity index (χ0n) is 52.9. The number of hydrogen-bond acceptors (Lipinski definition) is 6. The van der Waals surface area contributed by atoms with E-state index in [2.05, 4.69) is 85.4 Å². The number of ketones is 1. The SMILES string of the molecule is CCCCCCCCCCCC[N+]1=C(/C=C2/C(=O)C(c3ccc(/C(=C4\C=CC(/C=C\c5ccc(N(CCCC)CCCC)cc5)=N4)c4ccc(/C=C/c5ccc(N(CCCC)CCCC)cc5)n4B(F)F)cc3)=C2[O-])C(C)(C)c2cc(C(=O)O)ccc21. The van der Waals surface area contributed by atoms with Gasteiger partial charge in [0.1, 0.15) is 6.54 Å².